The van der Waals surface area contributed by atoms with Crippen LogP contribution in [0.5, 0.6) is 0 Å². The van der Waals surface area contributed by atoms with E-state index in [1.165, 1.54) is 23.3 Å². The monoisotopic (exact) mass is 388 g/mol. The molecule has 0 aliphatic carbocycles. The smallest absolute Gasteiger partial charge is 0.311 e. The van der Waals surface area contributed by atoms with Crippen LogP contribution in [0.1, 0.15) is 17.7 Å². The summed E-state index contributed by atoms with van der Waals surface area (Å²) in [7, 11) is 0. The summed E-state index contributed by atoms with van der Waals surface area (Å²) >= 11 is 0. The molecule has 3 rings (SSSR count). The van der Waals surface area contributed by atoms with Crippen molar-refractivity contribution in [1.29, 1.82) is 0 Å². The molecule has 0 unspecified atom stereocenters. The maximum absolute atomic E-state index is 12.8. The molecule has 28 heavy (non-hydrogen) atoms. The van der Waals surface area contributed by atoms with Crippen LogP contribution in [0.25, 0.3) is 0 Å². The molecule has 2 aromatic rings. The maximum atomic E-state index is 12.8. The van der Waals surface area contributed by atoms with Crippen molar-refractivity contribution in [3.63, 3.8) is 0 Å². The molecule has 8 heteroatoms. The number of rotatable bonds is 8. The molecule has 0 saturated carbocycles. The first-order chi connectivity index (χ1) is 13.5. The topological polar surface area (TPSA) is 88.9 Å². The molecule has 1 atom stereocenters. The van der Waals surface area contributed by atoms with Gasteiger partial charge in [-0.05, 0) is 36.2 Å². The maximum Gasteiger partial charge on any atom is 0.311 e. The summed E-state index contributed by atoms with van der Waals surface area (Å²) in [6.07, 6.45) is 2.13. The van der Waals surface area contributed by atoms with E-state index in [0.29, 0.717) is 25.3 Å². The molecule has 0 radical (unpaired) electrons. The van der Waals surface area contributed by atoms with E-state index in [1.807, 2.05) is 0 Å². The van der Waals surface area contributed by atoms with Gasteiger partial charge >= 0.3 is 5.97 Å². The second-order valence-corrected chi connectivity index (χ2v) is 6.59. The first-order valence-corrected chi connectivity index (χ1v) is 8.99. The molecule has 1 saturated heterocycles. The van der Waals surface area contributed by atoms with E-state index in [1.54, 1.807) is 24.3 Å². The van der Waals surface area contributed by atoms with E-state index in [4.69, 9.17) is 9.15 Å². The van der Waals surface area contributed by atoms with Crippen LogP contribution in [-0.4, -0.2) is 42.4 Å². The third-order valence-corrected chi connectivity index (χ3v) is 4.47. The van der Waals surface area contributed by atoms with Gasteiger partial charge in [-0.1, -0.05) is 12.1 Å². The lowest BCUT2D eigenvalue weighted by atomic mass is 10.1. The number of furan rings is 1. The standard InChI is InChI=1S/C20H21FN2O5/c21-16-5-3-14(4-6-16)7-8-22-18(24)13-28-20(26)15-10-19(25)23(11-15)12-17-2-1-9-27-17/h1-6,9,15H,7-8,10-13H2,(H,22,24)/t15-/m0/s1. The zero-order chi connectivity index (χ0) is 19.9. The number of likely N-dealkylation sites (tertiary alicyclic amines) is 1. The number of amides is 2. The number of carbonyl (C=O) groups is 3. The number of nitrogens with zero attached hydrogens (tertiary/aromatic N) is 1. The van der Waals surface area contributed by atoms with Crippen LogP contribution in [0, 0.1) is 11.7 Å². The zero-order valence-electron chi connectivity index (χ0n) is 15.2. The normalized spacial score (nSPS) is 16.2. The Morgan fingerprint density at radius 3 is 2.75 bits per heavy atom. The van der Waals surface area contributed by atoms with Crippen LogP contribution >= 0.6 is 0 Å². The molecule has 1 aliphatic rings. The van der Waals surface area contributed by atoms with E-state index >= 15 is 0 Å². The van der Waals surface area contributed by atoms with E-state index in [0.717, 1.165) is 5.56 Å². The molecule has 7 nitrogen and oxygen atoms in total. The van der Waals surface area contributed by atoms with Gasteiger partial charge in [0.1, 0.15) is 11.6 Å². The van der Waals surface area contributed by atoms with Gasteiger partial charge in [-0.2, -0.15) is 0 Å². The third-order valence-electron chi connectivity index (χ3n) is 4.47. The lowest BCUT2D eigenvalue weighted by Crippen LogP contribution is -2.32. The van der Waals surface area contributed by atoms with Gasteiger partial charge < -0.3 is 19.4 Å². The summed E-state index contributed by atoms with van der Waals surface area (Å²) in [5.41, 5.74) is 0.889. The summed E-state index contributed by atoms with van der Waals surface area (Å²) in [6, 6.07) is 9.50. The van der Waals surface area contributed by atoms with Crippen LogP contribution in [0.2, 0.25) is 0 Å². The Hall–Kier alpha value is -3.16. The average Bonchev–Trinajstić information content (AvgIpc) is 3.32. The van der Waals surface area contributed by atoms with Crippen molar-refractivity contribution in [3.8, 4) is 0 Å². The number of esters is 1. The minimum absolute atomic E-state index is 0.0612. The highest BCUT2D eigenvalue weighted by Gasteiger charge is 2.35. The van der Waals surface area contributed by atoms with Crippen LogP contribution in [-0.2, 0) is 32.1 Å². The Morgan fingerprint density at radius 1 is 1.25 bits per heavy atom. The zero-order valence-corrected chi connectivity index (χ0v) is 15.2. The molecule has 1 fully saturated rings. The van der Waals surface area contributed by atoms with E-state index in [9.17, 15) is 18.8 Å². The summed E-state index contributed by atoms with van der Waals surface area (Å²) in [4.78, 5) is 37.5. The molecule has 1 aliphatic heterocycles. The van der Waals surface area contributed by atoms with Gasteiger partial charge in [0.25, 0.3) is 5.91 Å². The summed E-state index contributed by atoms with van der Waals surface area (Å²) in [5, 5.41) is 2.64. The quantitative estimate of drug-likeness (QED) is 0.695. The predicted octanol–water partition coefficient (Wildman–Crippen LogP) is 1.67. The predicted molar refractivity (Wildman–Crippen MR) is 96.3 cm³/mol. The van der Waals surface area contributed by atoms with Gasteiger partial charge in [-0.15, -0.1) is 0 Å². The molecule has 1 aromatic carbocycles. The van der Waals surface area contributed by atoms with Crippen molar-refractivity contribution in [2.24, 2.45) is 5.92 Å². The third kappa shape index (κ3) is 5.42. The molecule has 1 aromatic heterocycles. The van der Waals surface area contributed by atoms with Crippen molar-refractivity contribution in [3.05, 3.63) is 59.8 Å². The Kier molecular flexibility index (Phi) is 6.41. The van der Waals surface area contributed by atoms with Crippen molar-refractivity contribution in [2.45, 2.75) is 19.4 Å². The van der Waals surface area contributed by atoms with Crippen LogP contribution in [0.15, 0.2) is 47.1 Å². The lowest BCUT2D eigenvalue weighted by Gasteiger charge is -2.14. The fourth-order valence-electron chi connectivity index (χ4n) is 2.98. The highest BCUT2D eigenvalue weighted by atomic mass is 19.1. The van der Waals surface area contributed by atoms with Crippen LogP contribution < -0.4 is 5.32 Å². The molecular formula is C20H21FN2O5. The number of ether oxygens (including phenoxy) is 1. The number of hydrogen-bond acceptors (Lipinski definition) is 5. The van der Waals surface area contributed by atoms with Crippen LogP contribution in [0.3, 0.4) is 0 Å². The first-order valence-electron chi connectivity index (χ1n) is 8.99. The van der Waals surface area contributed by atoms with Gasteiger partial charge in [0.2, 0.25) is 5.91 Å². The summed E-state index contributed by atoms with van der Waals surface area (Å²) in [5.74, 6) is -1.40. The summed E-state index contributed by atoms with van der Waals surface area (Å²) in [6.45, 7) is 0.496. The number of carbonyl (C=O) groups excluding carboxylic acids is 3. The number of nitrogens with one attached hydrogen (secondary N) is 1. The molecule has 148 valence electrons. The van der Waals surface area contributed by atoms with Gasteiger partial charge in [0.05, 0.1) is 18.7 Å². The van der Waals surface area contributed by atoms with Gasteiger partial charge in [0.15, 0.2) is 6.61 Å². The van der Waals surface area contributed by atoms with Gasteiger partial charge in [-0.25, -0.2) is 4.39 Å². The molecule has 0 bridgehead atoms. The largest absolute Gasteiger partial charge is 0.467 e. The van der Waals surface area contributed by atoms with Crippen molar-refractivity contribution >= 4 is 17.8 Å². The van der Waals surface area contributed by atoms with E-state index in [-0.39, 0.29) is 24.7 Å². The Balaban J connectivity index is 1.36. The van der Waals surface area contributed by atoms with Crippen molar-refractivity contribution in [2.75, 3.05) is 19.7 Å². The number of hydrogen-bond donors (Lipinski definition) is 1. The number of halogens is 1. The first kappa shape index (κ1) is 19.6. The minimum Gasteiger partial charge on any atom is -0.467 e. The molecule has 0 spiro atoms. The fraction of sp³-hybridized carbons (Fsp3) is 0.350. The molecule has 2 heterocycles. The molecule has 1 N–H and O–H groups in total. The number of benzene rings is 1. The second kappa shape index (κ2) is 9.16. The van der Waals surface area contributed by atoms with Gasteiger partial charge in [-0.3, -0.25) is 14.4 Å². The summed E-state index contributed by atoms with van der Waals surface area (Å²) < 4.78 is 23.1. The Morgan fingerprint density at radius 2 is 2.04 bits per heavy atom. The SMILES string of the molecule is O=C(COC(=O)[C@H]1CC(=O)N(Cc2ccco2)C1)NCCc1ccc(F)cc1. The Bertz CT molecular complexity index is 820. The van der Waals surface area contributed by atoms with Gasteiger partial charge in [0, 0.05) is 19.5 Å². The van der Waals surface area contributed by atoms with Crippen molar-refractivity contribution in [1.82, 2.24) is 10.2 Å². The molecular weight excluding hydrogens is 367 g/mol. The Labute approximate surface area is 161 Å². The average molecular weight is 388 g/mol. The minimum atomic E-state index is -0.588. The second-order valence-electron chi connectivity index (χ2n) is 6.59. The van der Waals surface area contributed by atoms with E-state index < -0.39 is 24.4 Å². The van der Waals surface area contributed by atoms with Crippen LogP contribution in [0.4, 0.5) is 4.39 Å². The lowest BCUT2D eigenvalue weighted by molar-refractivity contribution is -0.152. The fourth-order valence-corrected chi connectivity index (χ4v) is 2.98. The highest BCUT2D eigenvalue weighted by Crippen LogP contribution is 2.21. The van der Waals surface area contributed by atoms with E-state index in [2.05, 4.69) is 5.32 Å². The molecule has 2 amide bonds. The highest BCUT2D eigenvalue weighted by molar-refractivity contribution is 5.88. The van der Waals surface area contributed by atoms with Crippen molar-refractivity contribution < 1.29 is 27.9 Å².